The van der Waals surface area contributed by atoms with Gasteiger partial charge in [0.05, 0.1) is 12.1 Å². The molecule has 1 atom stereocenters. The van der Waals surface area contributed by atoms with Crippen LogP contribution in [-0.4, -0.2) is 70.0 Å². The predicted molar refractivity (Wildman–Crippen MR) is 189 cm³/mol. The minimum Gasteiger partial charge on any atom is -0.364 e. The van der Waals surface area contributed by atoms with E-state index < -0.39 is 11.8 Å². The fraction of sp³-hybridized carbons (Fsp3) is 0.474. The van der Waals surface area contributed by atoms with Gasteiger partial charge in [0.15, 0.2) is 17.1 Å². The zero-order valence-corrected chi connectivity index (χ0v) is 28.3. The maximum Gasteiger partial charge on any atom is 0.271 e. The molecular weight excluding hydrogens is 632 g/mol. The Morgan fingerprint density at radius 3 is 2.44 bits per heavy atom. The first kappa shape index (κ1) is 32.4. The number of anilines is 3. The van der Waals surface area contributed by atoms with Gasteiger partial charge in [-0.2, -0.15) is 0 Å². The summed E-state index contributed by atoms with van der Waals surface area (Å²) in [5.74, 6) is 0.0981. The summed E-state index contributed by atoms with van der Waals surface area (Å²) >= 11 is 0. The molecule has 0 radical (unpaired) electrons. The molecule has 1 unspecified atom stereocenters. The Morgan fingerprint density at radius 2 is 1.68 bits per heavy atom. The van der Waals surface area contributed by atoms with Gasteiger partial charge in [0.2, 0.25) is 11.8 Å². The zero-order valence-electron chi connectivity index (χ0n) is 28.3. The van der Waals surface area contributed by atoms with Crippen molar-refractivity contribution in [1.29, 1.82) is 0 Å². The van der Waals surface area contributed by atoms with E-state index in [1.807, 2.05) is 6.07 Å². The molecule has 2 aromatic carbocycles. The molecule has 50 heavy (non-hydrogen) atoms. The Kier molecular flexibility index (Phi) is 8.94. The Labute approximate surface area is 291 Å². The standard InChI is InChI=1S/C38H44N8O4/c39-36(48)34-37(42-31(22-40-34)46-18-2-1-3-19-46)41-26-9-4-23(5-10-26)24-6-11-27(12-7-24)45-20-16-25-8-13-29-33(30-14-15-32(47)43-38(30)49)44-50-35(29)28(25)17-21-45/h4-5,8-10,13,22,24,27,30H,1-3,6-7,11-12,14-21H2,(H2,39,48)(H,41,42)(H,43,47,49)/t24-,27-,30?. The molecule has 4 aromatic rings. The summed E-state index contributed by atoms with van der Waals surface area (Å²) < 4.78 is 5.90. The van der Waals surface area contributed by atoms with Crippen LogP contribution in [0.1, 0.15) is 102 Å². The monoisotopic (exact) mass is 676 g/mol. The molecule has 5 heterocycles. The summed E-state index contributed by atoms with van der Waals surface area (Å²) in [7, 11) is 0. The van der Waals surface area contributed by atoms with Gasteiger partial charge in [0.25, 0.3) is 5.91 Å². The van der Waals surface area contributed by atoms with Crippen molar-refractivity contribution in [2.75, 3.05) is 36.4 Å². The molecule has 3 aliphatic heterocycles. The highest BCUT2D eigenvalue weighted by Gasteiger charge is 2.34. The highest BCUT2D eigenvalue weighted by molar-refractivity contribution is 6.02. The number of piperidine rings is 2. The topological polar surface area (TPSA) is 160 Å². The number of carbonyl (C=O) groups excluding carboxylic acids is 3. The second-order valence-electron chi connectivity index (χ2n) is 14.3. The van der Waals surface area contributed by atoms with E-state index in [1.165, 1.54) is 23.1 Å². The van der Waals surface area contributed by atoms with Crippen LogP contribution in [0.4, 0.5) is 17.3 Å². The molecule has 4 aliphatic rings. The summed E-state index contributed by atoms with van der Waals surface area (Å²) in [6.07, 6.45) is 12.3. The third kappa shape index (κ3) is 6.44. The summed E-state index contributed by atoms with van der Waals surface area (Å²) in [5.41, 5.74) is 11.9. The van der Waals surface area contributed by atoms with Crippen molar-refractivity contribution in [3.05, 3.63) is 70.7 Å². The lowest BCUT2D eigenvalue weighted by atomic mass is 9.81. The van der Waals surface area contributed by atoms with E-state index in [0.29, 0.717) is 36.3 Å². The first-order valence-corrected chi connectivity index (χ1v) is 18.2. The predicted octanol–water partition coefficient (Wildman–Crippen LogP) is 5.10. The number of primary amides is 1. The van der Waals surface area contributed by atoms with Gasteiger partial charge in [-0.3, -0.25) is 24.6 Å². The van der Waals surface area contributed by atoms with Crippen LogP contribution in [0.3, 0.4) is 0 Å². The maximum absolute atomic E-state index is 12.5. The number of carbonyl (C=O) groups is 3. The largest absolute Gasteiger partial charge is 0.364 e. The summed E-state index contributed by atoms with van der Waals surface area (Å²) in [5, 5.41) is 11.0. The molecular formula is C38H44N8O4. The highest BCUT2D eigenvalue weighted by Crippen LogP contribution is 2.38. The lowest BCUT2D eigenvalue weighted by molar-refractivity contribution is -0.134. The van der Waals surface area contributed by atoms with Crippen LogP contribution in [0.2, 0.25) is 0 Å². The Morgan fingerprint density at radius 1 is 0.900 bits per heavy atom. The average Bonchev–Trinajstić information content (AvgIpc) is 3.44. The lowest BCUT2D eigenvalue weighted by Crippen LogP contribution is -2.39. The van der Waals surface area contributed by atoms with Crippen LogP contribution < -0.4 is 21.3 Å². The van der Waals surface area contributed by atoms with Gasteiger partial charge in [-0.25, -0.2) is 9.97 Å². The SMILES string of the molecule is NC(=O)c1ncc(N2CCCCC2)nc1Nc1ccc([C@H]2CC[C@H](N3CCc4ccc5c(C6CCC(=O)NC6=O)noc5c4CC3)CC2)cc1. The third-order valence-corrected chi connectivity index (χ3v) is 11.3. The number of hydrogen-bond donors (Lipinski definition) is 3. The number of nitrogens with one attached hydrogen (secondary N) is 2. The molecule has 1 aliphatic carbocycles. The number of benzene rings is 2. The average molecular weight is 677 g/mol. The molecule has 260 valence electrons. The van der Waals surface area contributed by atoms with Crippen LogP contribution >= 0.6 is 0 Å². The molecule has 4 N–H and O–H groups in total. The Hall–Kier alpha value is -4.84. The molecule has 2 aromatic heterocycles. The second kappa shape index (κ2) is 13.8. The van der Waals surface area contributed by atoms with Crippen molar-refractivity contribution in [1.82, 2.24) is 25.3 Å². The van der Waals surface area contributed by atoms with Crippen molar-refractivity contribution in [2.24, 2.45) is 5.73 Å². The van der Waals surface area contributed by atoms with Crippen LogP contribution in [0, 0.1) is 0 Å². The van der Waals surface area contributed by atoms with Gasteiger partial charge < -0.3 is 20.5 Å². The summed E-state index contributed by atoms with van der Waals surface area (Å²) in [6.45, 7) is 3.85. The van der Waals surface area contributed by atoms with Crippen molar-refractivity contribution in [3.63, 3.8) is 0 Å². The lowest BCUT2D eigenvalue weighted by Gasteiger charge is -2.36. The number of nitrogens with zero attached hydrogens (tertiary/aromatic N) is 5. The van der Waals surface area contributed by atoms with E-state index in [-0.39, 0.29) is 17.5 Å². The molecule has 3 fully saturated rings. The summed E-state index contributed by atoms with van der Waals surface area (Å²) in [4.78, 5) is 50.4. The number of imide groups is 1. The number of hydrogen-bond acceptors (Lipinski definition) is 10. The third-order valence-electron chi connectivity index (χ3n) is 11.3. The van der Waals surface area contributed by atoms with Crippen molar-refractivity contribution in [3.8, 4) is 0 Å². The Balaban J connectivity index is 0.887. The molecule has 3 amide bonds. The minimum atomic E-state index is -0.600. The molecule has 12 heteroatoms. The zero-order chi connectivity index (χ0) is 34.2. The van der Waals surface area contributed by atoms with Gasteiger partial charge in [-0.05, 0) is 99.5 Å². The van der Waals surface area contributed by atoms with E-state index in [9.17, 15) is 14.4 Å². The van der Waals surface area contributed by atoms with Crippen molar-refractivity contribution in [2.45, 2.75) is 88.5 Å². The van der Waals surface area contributed by atoms with Crippen LogP contribution in [-0.2, 0) is 22.4 Å². The quantitative estimate of drug-likeness (QED) is 0.225. The van der Waals surface area contributed by atoms with Gasteiger partial charge in [-0.1, -0.05) is 23.4 Å². The fourth-order valence-corrected chi connectivity index (χ4v) is 8.50. The van der Waals surface area contributed by atoms with E-state index >= 15 is 0 Å². The minimum absolute atomic E-state index is 0.145. The van der Waals surface area contributed by atoms with Crippen molar-refractivity contribution >= 4 is 46.0 Å². The smallest absolute Gasteiger partial charge is 0.271 e. The van der Waals surface area contributed by atoms with E-state index in [4.69, 9.17) is 15.2 Å². The first-order valence-electron chi connectivity index (χ1n) is 18.2. The number of rotatable bonds is 7. The van der Waals surface area contributed by atoms with Gasteiger partial charge in [-0.15, -0.1) is 0 Å². The first-order chi connectivity index (χ1) is 24.4. The number of aromatic nitrogens is 3. The molecule has 12 nitrogen and oxygen atoms in total. The molecule has 0 spiro atoms. The van der Waals surface area contributed by atoms with Crippen LogP contribution in [0.15, 0.2) is 47.1 Å². The number of nitrogens with two attached hydrogens (primary N) is 1. The maximum atomic E-state index is 12.5. The van der Waals surface area contributed by atoms with E-state index in [2.05, 4.69) is 60.9 Å². The highest BCUT2D eigenvalue weighted by atomic mass is 16.5. The van der Waals surface area contributed by atoms with E-state index in [0.717, 1.165) is 100 Å². The van der Waals surface area contributed by atoms with Crippen molar-refractivity contribution < 1.29 is 18.9 Å². The van der Waals surface area contributed by atoms with Gasteiger partial charge in [0.1, 0.15) is 11.5 Å². The molecule has 2 saturated heterocycles. The number of amides is 3. The molecule has 0 bridgehead atoms. The fourth-order valence-electron chi connectivity index (χ4n) is 8.50. The van der Waals surface area contributed by atoms with Gasteiger partial charge in [0, 0.05) is 55.3 Å². The Bertz CT molecular complexity index is 1910. The molecule has 1 saturated carbocycles. The second-order valence-corrected chi connectivity index (χ2v) is 14.3. The van der Waals surface area contributed by atoms with Crippen LogP contribution in [0.25, 0.3) is 11.0 Å². The summed E-state index contributed by atoms with van der Waals surface area (Å²) in [6, 6.07) is 13.3. The molecule has 8 rings (SSSR count). The normalized spacial score (nSPS) is 23.3. The van der Waals surface area contributed by atoms with E-state index in [1.54, 1.807) is 6.20 Å². The number of fused-ring (bicyclic) bond motifs is 3. The van der Waals surface area contributed by atoms with Crippen LogP contribution in [0.5, 0.6) is 0 Å². The van der Waals surface area contributed by atoms with Gasteiger partial charge >= 0.3 is 0 Å².